The second-order valence-corrected chi connectivity index (χ2v) is 11.2. The highest BCUT2D eigenvalue weighted by atomic mass is 79.9. The number of hydrogen-bond acceptors (Lipinski definition) is 4. The van der Waals surface area contributed by atoms with Crippen molar-refractivity contribution < 1.29 is 14.3 Å². The summed E-state index contributed by atoms with van der Waals surface area (Å²) in [5.41, 5.74) is 2.57. The SMILES string of the molecule is O=C1S/C(=C/c2cc(Br)c(OCc3ccccc3Cl)c(Br)c2)C(=O)N1Cc1cccc2ccccc12. The van der Waals surface area contributed by atoms with Gasteiger partial charge in [0.25, 0.3) is 11.1 Å². The van der Waals surface area contributed by atoms with E-state index in [4.69, 9.17) is 16.3 Å². The molecule has 0 aromatic heterocycles. The van der Waals surface area contributed by atoms with Crippen LogP contribution in [0.5, 0.6) is 5.75 Å². The van der Waals surface area contributed by atoms with Crippen LogP contribution in [0, 0.1) is 0 Å². The molecule has 8 heteroatoms. The Morgan fingerprint density at radius 3 is 2.33 bits per heavy atom. The van der Waals surface area contributed by atoms with Crippen LogP contribution in [0.1, 0.15) is 16.7 Å². The first kappa shape index (κ1) is 25.1. The lowest BCUT2D eigenvalue weighted by Crippen LogP contribution is -2.27. The molecular weight excluding hydrogens is 626 g/mol. The van der Waals surface area contributed by atoms with Gasteiger partial charge in [0, 0.05) is 10.6 Å². The molecule has 4 aromatic rings. The fourth-order valence-electron chi connectivity index (χ4n) is 3.95. The molecule has 1 aliphatic rings. The molecular formula is C28H18Br2ClNO3S. The van der Waals surface area contributed by atoms with Crippen LogP contribution in [0.3, 0.4) is 0 Å². The van der Waals surface area contributed by atoms with Crippen LogP contribution in [-0.4, -0.2) is 16.0 Å². The van der Waals surface area contributed by atoms with Crippen LogP contribution in [0.15, 0.2) is 92.7 Å². The molecule has 180 valence electrons. The van der Waals surface area contributed by atoms with Crippen LogP contribution in [-0.2, 0) is 17.9 Å². The molecule has 0 spiro atoms. The summed E-state index contributed by atoms with van der Waals surface area (Å²) in [6.45, 7) is 0.537. The molecule has 0 unspecified atom stereocenters. The van der Waals surface area contributed by atoms with Crippen LogP contribution in [0.2, 0.25) is 5.02 Å². The summed E-state index contributed by atoms with van der Waals surface area (Å²) < 4.78 is 7.41. The Kier molecular flexibility index (Phi) is 7.53. The maximum atomic E-state index is 13.1. The molecule has 0 radical (unpaired) electrons. The summed E-state index contributed by atoms with van der Waals surface area (Å²) in [5, 5.41) is 2.46. The number of halogens is 3. The Balaban J connectivity index is 1.35. The molecule has 1 fully saturated rings. The fraction of sp³-hybridized carbons (Fsp3) is 0.0714. The lowest BCUT2D eigenvalue weighted by Gasteiger charge is -2.14. The summed E-state index contributed by atoms with van der Waals surface area (Å²) in [6.07, 6.45) is 1.72. The van der Waals surface area contributed by atoms with Gasteiger partial charge in [0.05, 0.1) is 20.4 Å². The Hall–Kier alpha value is -2.58. The third-order valence-electron chi connectivity index (χ3n) is 5.73. The summed E-state index contributed by atoms with van der Waals surface area (Å²) in [5.74, 6) is 0.320. The van der Waals surface area contributed by atoms with Gasteiger partial charge in [-0.2, -0.15) is 0 Å². The van der Waals surface area contributed by atoms with Crippen molar-refractivity contribution in [3.8, 4) is 5.75 Å². The number of rotatable bonds is 6. The highest BCUT2D eigenvalue weighted by Crippen LogP contribution is 2.39. The van der Waals surface area contributed by atoms with Gasteiger partial charge in [0.15, 0.2) is 0 Å². The van der Waals surface area contributed by atoms with Gasteiger partial charge in [0.2, 0.25) is 0 Å². The van der Waals surface area contributed by atoms with E-state index >= 15 is 0 Å². The second-order valence-electron chi connectivity index (χ2n) is 8.10. The lowest BCUT2D eigenvalue weighted by atomic mass is 10.0. The van der Waals surface area contributed by atoms with Crippen molar-refractivity contribution in [1.29, 1.82) is 0 Å². The van der Waals surface area contributed by atoms with Gasteiger partial charge in [-0.3, -0.25) is 14.5 Å². The van der Waals surface area contributed by atoms with Crippen LogP contribution in [0.4, 0.5) is 4.79 Å². The number of fused-ring (bicyclic) bond motifs is 1. The molecule has 1 heterocycles. The Morgan fingerprint density at radius 1 is 0.889 bits per heavy atom. The Bertz CT molecular complexity index is 1510. The van der Waals surface area contributed by atoms with E-state index in [1.807, 2.05) is 78.9 Å². The number of carbonyl (C=O) groups is 2. The molecule has 0 saturated carbocycles. The molecule has 36 heavy (non-hydrogen) atoms. The molecule has 1 saturated heterocycles. The van der Waals surface area contributed by atoms with Crippen molar-refractivity contribution in [3.63, 3.8) is 0 Å². The smallest absolute Gasteiger partial charge is 0.293 e. The number of carbonyl (C=O) groups excluding carboxylic acids is 2. The van der Waals surface area contributed by atoms with Crippen LogP contribution >= 0.6 is 55.2 Å². The van der Waals surface area contributed by atoms with Gasteiger partial charge in [0.1, 0.15) is 12.4 Å². The monoisotopic (exact) mass is 641 g/mol. The first-order valence-electron chi connectivity index (χ1n) is 11.0. The molecule has 1 aliphatic heterocycles. The van der Waals surface area contributed by atoms with Crippen molar-refractivity contribution in [2.75, 3.05) is 0 Å². The topological polar surface area (TPSA) is 46.6 Å². The predicted molar refractivity (Wildman–Crippen MR) is 153 cm³/mol. The minimum absolute atomic E-state index is 0.228. The van der Waals surface area contributed by atoms with E-state index in [2.05, 4.69) is 31.9 Å². The number of thioether (sulfide) groups is 1. The van der Waals surface area contributed by atoms with Crippen molar-refractivity contribution in [2.45, 2.75) is 13.2 Å². The molecule has 5 rings (SSSR count). The van der Waals surface area contributed by atoms with Gasteiger partial charge in [-0.1, -0.05) is 72.3 Å². The first-order chi connectivity index (χ1) is 17.4. The largest absolute Gasteiger partial charge is 0.486 e. The number of nitrogens with zero attached hydrogens (tertiary/aromatic N) is 1. The average molecular weight is 644 g/mol. The molecule has 4 nitrogen and oxygen atoms in total. The van der Waals surface area contributed by atoms with Gasteiger partial charge in [-0.25, -0.2) is 0 Å². The van der Waals surface area contributed by atoms with Gasteiger partial charge in [-0.15, -0.1) is 0 Å². The van der Waals surface area contributed by atoms with Crippen molar-refractivity contribution in [1.82, 2.24) is 4.90 Å². The molecule has 0 N–H and O–H groups in total. The first-order valence-corrected chi connectivity index (χ1v) is 13.8. The van der Waals surface area contributed by atoms with Gasteiger partial charge in [-0.05, 0) is 89.8 Å². The van der Waals surface area contributed by atoms with Crippen LogP contribution in [0.25, 0.3) is 16.8 Å². The van der Waals surface area contributed by atoms with Gasteiger partial charge < -0.3 is 4.74 Å². The molecule has 0 aliphatic carbocycles. The number of amides is 2. The fourth-order valence-corrected chi connectivity index (χ4v) is 6.43. The number of imide groups is 1. The van der Waals surface area contributed by atoms with Gasteiger partial charge >= 0.3 is 0 Å². The third kappa shape index (κ3) is 5.25. The minimum atomic E-state index is -0.302. The van der Waals surface area contributed by atoms with Crippen molar-refractivity contribution in [2.24, 2.45) is 0 Å². The van der Waals surface area contributed by atoms with E-state index in [9.17, 15) is 9.59 Å². The number of ether oxygens (including phenoxy) is 1. The Morgan fingerprint density at radius 2 is 1.56 bits per heavy atom. The Labute approximate surface area is 234 Å². The molecule has 0 bridgehead atoms. The number of benzene rings is 4. The zero-order chi connectivity index (χ0) is 25.2. The zero-order valence-electron chi connectivity index (χ0n) is 18.7. The lowest BCUT2D eigenvalue weighted by molar-refractivity contribution is -0.123. The maximum Gasteiger partial charge on any atom is 0.293 e. The van der Waals surface area contributed by atoms with E-state index in [1.54, 1.807) is 6.08 Å². The molecule has 4 aromatic carbocycles. The zero-order valence-corrected chi connectivity index (χ0v) is 23.5. The molecule has 0 atom stereocenters. The summed E-state index contributed by atoms with van der Waals surface area (Å²) in [6, 6.07) is 25.1. The minimum Gasteiger partial charge on any atom is -0.486 e. The quantitative estimate of drug-likeness (QED) is 0.197. The van der Waals surface area contributed by atoms with E-state index in [-0.39, 0.29) is 17.7 Å². The van der Waals surface area contributed by atoms with E-state index in [0.717, 1.165) is 39.2 Å². The molecule has 2 amide bonds. The second kappa shape index (κ2) is 10.8. The van der Waals surface area contributed by atoms with Crippen LogP contribution < -0.4 is 4.74 Å². The standard InChI is InChI=1S/C28H18Br2ClNO3S/c29-22-12-17(13-23(30)26(22)35-16-20-7-2-4-11-24(20)31)14-25-27(33)32(28(34)36-25)15-19-9-5-8-18-6-1-3-10-21(18)19/h1-14H,15-16H2/b25-14+. The summed E-state index contributed by atoms with van der Waals surface area (Å²) in [7, 11) is 0. The summed E-state index contributed by atoms with van der Waals surface area (Å²) in [4.78, 5) is 27.6. The average Bonchev–Trinajstić information content (AvgIpc) is 3.12. The predicted octanol–water partition coefficient (Wildman–Crippen LogP) is 8.83. The van der Waals surface area contributed by atoms with E-state index in [0.29, 0.717) is 31.2 Å². The summed E-state index contributed by atoms with van der Waals surface area (Å²) >= 11 is 14.3. The maximum absolute atomic E-state index is 13.1. The third-order valence-corrected chi connectivity index (χ3v) is 8.18. The van der Waals surface area contributed by atoms with Crippen molar-refractivity contribution in [3.05, 3.63) is 114 Å². The van der Waals surface area contributed by atoms with E-state index < -0.39 is 0 Å². The number of hydrogen-bond donors (Lipinski definition) is 0. The highest BCUT2D eigenvalue weighted by Gasteiger charge is 2.35. The van der Waals surface area contributed by atoms with E-state index in [1.165, 1.54) is 4.90 Å². The van der Waals surface area contributed by atoms with Crippen molar-refractivity contribution >= 4 is 83.2 Å². The highest BCUT2D eigenvalue weighted by molar-refractivity contribution is 9.11. The normalized spacial score (nSPS) is 14.8.